The zero-order valence-corrected chi connectivity index (χ0v) is 11.3. The molecule has 0 amide bonds. The third kappa shape index (κ3) is 7.80. The second-order valence-electron chi connectivity index (χ2n) is 5.20. The molecule has 1 heterocycles. The van der Waals surface area contributed by atoms with Gasteiger partial charge in [0.05, 0.1) is 6.07 Å². The number of hydrogen-bond acceptors (Lipinski definition) is 5. The summed E-state index contributed by atoms with van der Waals surface area (Å²) in [6.07, 6.45) is 2.68. The van der Waals surface area contributed by atoms with Crippen LogP contribution >= 0.6 is 0 Å². The summed E-state index contributed by atoms with van der Waals surface area (Å²) in [6.45, 7) is 7.80. The first-order valence-corrected chi connectivity index (χ1v) is 6.11. The Balaban J connectivity index is 0.000000360. The van der Waals surface area contributed by atoms with Crippen LogP contribution in [0.25, 0.3) is 0 Å². The van der Waals surface area contributed by atoms with Crippen LogP contribution in [0.2, 0.25) is 0 Å². The van der Waals surface area contributed by atoms with Gasteiger partial charge in [-0.1, -0.05) is 0 Å². The Morgan fingerprint density at radius 2 is 1.89 bits per heavy atom. The van der Waals surface area contributed by atoms with E-state index in [2.05, 4.69) is 10.1 Å². The van der Waals surface area contributed by atoms with Crippen molar-refractivity contribution in [1.82, 2.24) is 5.32 Å². The van der Waals surface area contributed by atoms with E-state index in [0.29, 0.717) is 12.4 Å². The molecule has 102 valence electrons. The van der Waals surface area contributed by atoms with Gasteiger partial charge in [0.25, 0.3) is 6.47 Å². The lowest BCUT2D eigenvalue weighted by atomic mass is 9.87. The molecule has 1 fully saturated rings. The standard InChI is InChI=1S/C8H12N2O.C5H10O2/c9-5-8(6-11)7-1-3-10-4-2-7;1-5(2,3)7-4-6/h6-8,10H,1-4H2;4H,1-3H3. The zero-order valence-electron chi connectivity index (χ0n) is 11.3. The number of hydrogen-bond donors (Lipinski definition) is 1. The van der Waals surface area contributed by atoms with Gasteiger partial charge in [-0.2, -0.15) is 5.26 Å². The molecule has 18 heavy (non-hydrogen) atoms. The molecule has 1 N–H and O–H groups in total. The Bertz CT molecular complexity index is 286. The van der Waals surface area contributed by atoms with E-state index >= 15 is 0 Å². The van der Waals surface area contributed by atoms with Gasteiger partial charge in [0.2, 0.25) is 0 Å². The molecular weight excluding hydrogens is 232 g/mol. The van der Waals surface area contributed by atoms with Crippen molar-refractivity contribution in [3.05, 3.63) is 0 Å². The van der Waals surface area contributed by atoms with Crippen molar-refractivity contribution in [3.63, 3.8) is 0 Å². The Labute approximate surface area is 108 Å². The maximum atomic E-state index is 10.4. The van der Waals surface area contributed by atoms with Crippen LogP contribution in [-0.4, -0.2) is 31.4 Å². The number of carbonyl (C=O) groups excluding carboxylic acids is 2. The van der Waals surface area contributed by atoms with Crippen LogP contribution in [0.15, 0.2) is 0 Å². The van der Waals surface area contributed by atoms with Gasteiger partial charge in [-0.25, -0.2) is 0 Å². The Hall–Kier alpha value is -1.41. The molecule has 0 aromatic rings. The van der Waals surface area contributed by atoms with Crippen LogP contribution in [0.4, 0.5) is 0 Å². The van der Waals surface area contributed by atoms with Crippen LogP contribution in [-0.2, 0) is 14.3 Å². The van der Waals surface area contributed by atoms with Crippen LogP contribution in [0.3, 0.4) is 0 Å². The minimum atomic E-state index is -0.378. The minimum Gasteiger partial charge on any atom is -0.462 e. The molecule has 1 atom stereocenters. The van der Waals surface area contributed by atoms with Crippen molar-refractivity contribution in [1.29, 1.82) is 5.26 Å². The number of nitrogens with zero attached hydrogens (tertiary/aromatic N) is 1. The number of piperidine rings is 1. The van der Waals surface area contributed by atoms with Gasteiger partial charge < -0.3 is 14.8 Å². The van der Waals surface area contributed by atoms with Crippen molar-refractivity contribution in [3.8, 4) is 6.07 Å². The molecule has 0 aromatic carbocycles. The summed E-state index contributed by atoms with van der Waals surface area (Å²) >= 11 is 0. The number of rotatable bonds is 3. The minimum absolute atomic E-state index is 0.291. The average molecular weight is 254 g/mol. The average Bonchev–Trinajstić information content (AvgIpc) is 2.31. The first-order valence-electron chi connectivity index (χ1n) is 6.11. The monoisotopic (exact) mass is 254 g/mol. The fourth-order valence-electron chi connectivity index (χ4n) is 1.59. The molecule has 5 heteroatoms. The van der Waals surface area contributed by atoms with Crippen LogP contribution in [0.5, 0.6) is 0 Å². The molecule has 1 rings (SSSR count). The Morgan fingerprint density at radius 1 is 1.33 bits per heavy atom. The highest BCUT2D eigenvalue weighted by atomic mass is 16.5. The summed E-state index contributed by atoms with van der Waals surface area (Å²) in [5.41, 5.74) is -0.318. The second-order valence-corrected chi connectivity index (χ2v) is 5.20. The van der Waals surface area contributed by atoms with E-state index < -0.39 is 0 Å². The van der Waals surface area contributed by atoms with Gasteiger partial charge in [0.1, 0.15) is 17.8 Å². The van der Waals surface area contributed by atoms with E-state index in [-0.39, 0.29) is 11.5 Å². The van der Waals surface area contributed by atoms with Crippen molar-refractivity contribution >= 4 is 12.8 Å². The molecule has 0 saturated carbocycles. The van der Waals surface area contributed by atoms with Crippen LogP contribution in [0.1, 0.15) is 33.6 Å². The number of nitriles is 1. The maximum absolute atomic E-state index is 10.4. The number of ether oxygens (including phenoxy) is 1. The summed E-state index contributed by atoms with van der Waals surface area (Å²) in [7, 11) is 0. The van der Waals surface area contributed by atoms with Gasteiger partial charge >= 0.3 is 0 Å². The van der Waals surface area contributed by atoms with Crippen molar-refractivity contribution in [2.24, 2.45) is 11.8 Å². The normalized spacial score (nSPS) is 17.7. The number of aldehydes is 1. The molecule has 0 bridgehead atoms. The quantitative estimate of drug-likeness (QED) is 0.767. The molecule has 5 nitrogen and oxygen atoms in total. The highest BCUT2D eigenvalue weighted by Gasteiger charge is 2.22. The molecule has 0 aromatic heterocycles. The summed E-state index contributed by atoms with van der Waals surface area (Å²) in [5.74, 6) is -0.0872. The molecule has 1 aliphatic rings. The highest BCUT2D eigenvalue weighted by Crippen LogP contribution is 2.19. The lowest BCUT2D eigenvalue weighted by Gasteiger charge is -2.23. The molecule has 1 aliphatic heterocycles. The number of carbonyl (C=O) groups is 2. The third-order valence-electron chi connectivity index (χ3n) is 2.59. The van der Waals surface area contributed by atoms with Crippen LogP contribution < -0.4 is 5.32 Å². The summed E-state index contributed by atoms with van der Waals surface area (Å²) < 4.78 is 4.55. The highest BCUT2D eigenvalue weighted by molar-refractivity contribution is 5.58. The smallest absolute Gasteiger partial charge is 0.293 e. The predicted octanol–water partition coefficient (Wildman–Crippen LogP) is 1.28. The van der Waals surface area contributed by atoms with E-state index in [0.717, 1.165) is 32.2 Å². The fourth-order valence-corrected chi connectivity index (χ4v) is 1.59. The molecule has 0 radical (unpaired) electrons. The first kappa shape index (κ1) is 16.6. The third-order valence-corrected chi connectivity index (χ3v) is 2.59. The molecular formula is C13H22N2O3. The van der Waals surface area contributed by atoms with Crippen molar-refractivity contribution < 1.29 is 14.3 Å². The van der Waals surface area contributed by atoms with Gasteiger partial charge in [0, 0.05) is 0 Å². The van der Waals surface area contributed by atoms with Gasteiger partial charge in [-0.05, 0) is 52.6 Å². The van der Waals surface area contributed by atoms with E-state index in [1.54, 1.807) is 0 Å². The molecule has 1 unspecified atom stereocenters. The van der Waals surface area contributed by atoms with Gasteiger partial charge in [-0.15, -0.1) is 0 Å². The van der Waals surface area contributed by atoms with E-state index in [9.17, 15) is 9.59 Å². The molecule has 1 saturated heterocycles. The largest absolute Gasteiger partial charge is 0.462 e. The lowest BCUT2D eigenvalue weighted by molar-refractivity contribution is -0.138. The van der Waals surface area contributed by atoms with E-state index in [4.69, 9.17) is 5.26 Å². The molecule has 0 aliphatic carbocycles. The Kier molecular flexibility index (Phi) is 7.97. The van der Waals surface area contributed by atoms with E-state index in [1.807, 2.05) is 26.8 Å². The topological polar surface area (TPSA) is 79.2 Å². The lowest BCUT2D eigenvalue weighted by Crippen LogP contribution is -2.31. The summed E-state index contributed by atoms with van der Waals surface area (Å²) in [5, 5.41) is 11.8. The van der Waals surface area contributed by atoms with Gasteiger partial charge in [-0.3, -0.25) is 4.79 Å². The molecule has 0 spiro atoms. The van der Waals surface area contributed by atoms with E-state index in [1.165, 1.54) is 0 Å². The van der Waals surface area contributed by atoms with Gasteiger partial charge in [0.15, 0.2) is 0 Å². The Morgan fingerprint density at radius 3 is 2.17 bits per heavy atom. The van der Waals surface area contributed by atoms with Crippen molar-refractivity contribution in [2.45, 2.75) is 39.2 Å². The fraction of sp³-hybridized carbons (Fsp3) is 0.769. The maximum Gasteiger partial charge on any atom is 0.293 e. The zero-order chi connectivity index (χ0) is 14.0. The summed E-state index contributed by atoms with van der Waals surface area (Å²) in [4.78, 5) is 20.0. The SMILES string of the molecule is CC(C)(C)OC=O.N#CC(C=O)C1CCNCC1. The second kappa shape index (κ2) is 8.65. The summed E-state index contributed by atoms with van der Waals surface area (Å²) in [6, 6.07) is 2.03. The number of nitrogens with one attached hydrogen (secondary N) is 1. The predicted molar refractivity (Wildman–Crippen MR) is 67.7 cm³/mol. The first-order chi connectivity index (χ1) is 8.44. The van der Waals surface area contributed by atoms with Crippen molar-refractivity contribution in [2.75, 3.05) is 13.1 Å². The van der Waals surface area contributed by atoms with Crippen LogP contribution in [0, 0.1) is 23.2 Å².